The fourth-order valence-electron chi connectivity index (χ4n) is 2.31. The summed E-state index contributed by atoms with van der Waals surface area (Å²) in [6, 6.07) is 8.28. The van der Waals surface area contributed by atoms with Gasteiger partial charge >= 0.3 is 0 Å². The van der Waals surface area contributed by atoms with Gasteiger partial charge in [0.1, 0.15) is 11.5 Å². The average molecular weight is 266 g/mol. The second-order valence-corrected chi connectivity index (χ2v) is 4.92. The van der Waals surface area contributed by atoms with Crippen LogP contribution < -0.4 is 5.32 Å². The Morgan fingerprint density at radius 3 is 2.75 bits per heavy atom. The maximum absolute atomic E-state index is 4.60. The predicted octanol–water partition coefficient (Wildman–Crippen LogP) is 3.23. The van der Waals surface area contributed by atoms with E-state index in [0.29, 0.717) is 11.9 Å². The summed E-state index contributed by atoms with van der Waals surface area (Å²) < 4.78 is 0. The Hall–Kier alpha value is -2.23. The molecular weight excluding hydrogens is 248 g/mol. The first-order chi connectivity index (χ1) is 9.85. The van der Waals surface area contributed by atoms with Crippen LogP contribution in [-0.2, 0) is 6.42 Å². The quantitative estimate of drug-likeness (QED) is 0.863. The van der Waals surface area contributed by atoms with Gasteiger partial charge < -0.3 is 5.32 Å². The summed E-state index contributed by atoms with van der Waals surface area (Å²) >= 11 is 0. The second kappa shape index (κ2) is 5.82. The molecule has 2 heterocycles. The molecule has 1 aliphatic rings. The Balaban J connectivity index is 1.90. The Labute approximate surface area is 119 Å². The third kappa shape index (κ3) is 2.85. The van der Waals surface area contributed by atoms with Crippen LogP contribution >= 0.6 is 0 Å². The average Bonchev–Trinajstić information content (AvgIpc) is 3.00. The summed E-state index contributed by atoms with van der Waals surface area (Å²) in [5.41, 5.74) is 1.85. The molecule has 0 bridgehead atoms. The zero-order valence-corrected chi connectivity index (χ0v) is 11.6. The van der Waals surface area contributed by atoms with Crippen LogP contribution in [0.15, 0.2) is 42.6 Å². The smallest absolute Gasteiger partial charge is 0.180 e. The molecule has 0 aromatic carbocycles. The minimum atomic E-state index is 0.450. The van der Waals surface area contributed by atoms with Crippen molar-refractivity contribution in [1.82, 2.24) is 15.0 Å². The van der Waals surface area contributed by atoms with E-state index < -0.39 is 0 Å². The van der Waals surface area contributed by atoms with Gasteiger partial charge in [0.15, 0.2) is 5.82 Å². The van der Waals surface area contributed by atoms with E-state index in [1.807, 2.05) is 24.3 Å². The number of nitrogens with zero attached hydrogens (tertiary/aromatic N) is 3. The van der Waals surface area contributed by atoms with E-state index in [1.54, 1.807) is 6.20 Å². The second-order valence-electron chi connectivity index (χ2n) is 4.92. The minimum absolute atomic E-state index is 0.450. The molecule has 0 unspecified atom stereocenters. The van der Waals surface area contributed by atoms with Crippen molar-refractivity contribution in [2.24, 2.45) is 0 Å². The molecule has 1 aliphatic carbocycles. The number of hydrogen-bond donors (Lipinski definition) is 1. The highest BCUT2D eigenvalue weighted by Crippen LogP contribution is 2.19. The summed E-state index contributed by atoms with van der Waals surface area (Å²) in [5.74, 6) is 1.59. The molecular formula is C16H18N4. The van der Waals surface area contributed by atoms with Gasteiger partial charge in [-0.3, -0.25) is 4.98 Å². The number of nitrogens with one attached hydrogen (secondary N) is 1. The van der Waals surface area contributed by atoms with E-state index in [9.17, 15) is 0 Å². The van der Waals surface area contributed by atoms with Crippen LogP contribution in [0.2, 0.25) is 0 Å². The van der Waals surface area contributed by atoms with Crippen molar-refractivity contribution in [1.29, 1.82) is 0 Å². The van der Waals surface area contributed by atoms with Gasteiger partial charge in [0, 0.05) is 24.0 Å². The third-order valence-corrected chi connectivity index (χ3v) is 3.40. The third-order valence-electron chi connectivity index (χ3n) is 3.40. The maximum Gasteiger partial charge on any atom is 0.180 e. The summed E-state index contributed by atoms with van der Waals surface area (Å²) in [6.45, 7) is 2.10. The molecule has 2 aromatic heterocycles. The van der Waals surface area contributed by atoms with E-state index in [1.165, 1.54) is 0 Å². The fourth-order valence-corrected chi connectivity index (χ4v) is 2.31. The maximum atomic E-state index is 4.60. The molecule has 0 spiro atoms. The summed E-state index contributed by atoms with van der Waals surface area (Å²) in [4.78, 5) is 13.5. The van der Waals surface area contributed by atoms with Crippen LogP contribution in [0.5, 0.6) is 0 Å². The number of aromatic nitrogens is 3. The molecule has 102 valence electrons. The first kappa shape index (κ1) is 12.8. The van der Waals surface area contributed by atoms with Crippen molar-refractivity contribution in [2.45, 2.75) is 32.2 Å². The molecule has 0 radical (unpaired) electrons. The van der Waals surface area contributed by atoms with Crippen LogP contribution in [0.25, 0.3) is 11.5 Å². The van der Waals surface area contributed by atoms with Gasteiger partial charge in [0.2, 0.25) is 0 Å². The van der Waals surface area contributed by atoms with E-state index in [-0.39, 0.29) is 0 Å². The first-order valence-corrected chi connectivity index (χ1v) is 7.06. The number of aryl methyl sites for hydroxylation is 1. The molecule has 0 fully saturated rings. The van der Waals surface area contributed by atoms with E-state index in [4.69, 9.17) is 0 Å². The molecule has 1 N–H and O–H groups in total. The Morgan fingerprint density at radius 2 is 2.05 bits per heavy atom. The van der Waals surface area contributed by atoms with Crippen molar-refractivity contribution in [3.8, 4) is 11.5 Å². The molecule has 4 heteroatoms. The van der Waals surface area contributed by atoms with Crippen molar-refractivity contribution < 1.29 is 0 Å². The van der Waals surface area contributed by atoms with Gasteiger partial charge in [-0.15, -0.1) is 0 Å². The predicted molar refractivity (Wildman–Crippen MR) is 80.4 cm³/mol. The van der Waals surface area contributed by atoms with Crippen LogP contribution in [0.1, 0.15) is 25.5 Å². The SMILES string of the molecule is CCc1cc(NC2CC=CC2)nc(-c2ccccn2)n1. The van der Waals surface area contributed by atoms with E-state index in [0.717, 1.165) is 36.5 Å². The monoisotopic (exact) mass is 266 g/mol. The van der Waals surface area contributed by atoms with Gasteiger partial charge in [0.05, 0.1) is 0 Å². The van der Waals surface area contributed by atoms with Crippen molar-refractivity contribution in [2.75, 3.05) is 5.32 Å². The molecule has 2 aromatic rings. The first-order valence-electron chi connectivity index (χ1n) is 7.06. The lowest BCUT2D eigenvalue weighted by Crippen LogP contribution is -2.16. The standard InChI is InChI=1S/C16H18N4/c1-2-12-11-15(18-13-7-3-4-8-13)20-16(19-12)14-9-5-6-10-17-14/h3-6,9-11,13H,2,7-8H2,1H3,(H,18,19,20). The summed E-state index contributed by atoms with van der Waals surface area (Å²) in [5, 5.41) is 3.48. The number of anilines is 1. The van der Waals surface area contributed by atoms with Gasteiger partial charge in [-0.05, 0) is 31.4 Å². The van der Waals surface area contributed by atoms with Gasteiger partial charge in [-0.2, -0.15) is 0 Å². The summed E-state index contributed by atoms with van der Waals surface area (Å²) in [7, 11) is 0. The van der Waals surface area contributed by atoms with Crippen molar-refractivity contribution in [3.63, 3.8) is 0 Å². The van der Waals surface area contributed by atoms with Crippen molar-refractivity contribution >= 4 is 5.82 Å². The van der Waals surface area contributed by atoms with E-state index in [2.05, 4.69) is 39.3 Å². The lowest BCUT2D eigenvalue weighted by atomic mass is 10.2. The van der Waals surface area contributed by atoms with Crippen LogP contribution in [-0.4, -0.2) is 21.0 Å². The molecule has 0 amide bonds. The largest absolute Gasteiger partial charge is 0.367 e. The topological polar surface area (TPSA) is 50.7 Å². The molecule has 4 nitrogen and oxygen atoms in total. The van der Waals surface area contributed by atoms with Gasteiger partial charge in [-0.1, -0.05) is 25.1 Å². The Morgan fingerprint density at radius 1 is 1.20 bits per heavy atom. The molecule has 0 atom stereocenters. The number of hydrogen-bond acceptors (Lipinski definition) is 4. The van der Waals surface area contributed by atoms with Crippen molar-refractivity contribution in [3.05, 3.63) is 48.3 Å². The molecule has 20 heavy (non-hydrogen) atoms. The summed E-state index contributed by atoms with van der Waals surface area (Å²) in [6.07, 6.45) is 9.19. The van der Waals surface area contributed by atoms with Crippen LogP contribution in [0.3, 0.4) is 0 Å². The molecule has 3 rings (SSSR count). The Bertz CT molecular complexity index is 599. The zero-order chi connectivity index (χ0) is 13.8. The highest BCUT2D eigenvalue weighted by atomic mass is 15.1. The highest BCUT2D eigenvalue weighted by Gasteiger charge is 2.12. The van der Waals surface area contributed by atoms with E-state index >= 15 is 0 Å². The molecule has 0 aliphatic heterocycles. The lowest BCUT2D eigenvalue weighted by molar-refractivity contribution is 0.778. The Kier molecular flexibility index (Phi) is 3.72. The van der Waals surface area contributed by atoms with Gasteiger partial charge in [-0.25, -0.2) is 9.97 Å². The van der Waals surface area contributed by atoms with Crippen LogP contribution in [0, 0.1) is 0 Å². The minimum Gasteiger partial charge on any atom is -0.367 e. The van der Waals surface area contributed by atoms with Crippen LogP contribution in [0.4, 0.5) is 5.82 Å². The van der Waals surface area contributed by atoms with Gasteiger partial charge in [0.25, 0.3) is 0 Å². The normalized spacial score (nSPS) is 14.7. The number of pyridine rings is 1. The molecule has 0 saturated heterocycles. The fraction of sp³-hybridized carbons (Fsp3) is 0.312. The molecule has 0 saturated carbocycles. The lowest BCUT2D eigenvalue weighted by Gasteiger charge is -2.14. The number of rotatable bonds is 4. The highest BCUT2D eigenvalue weighted by molar-refractivity contribution is 5.53. The zero-order valence-electron chi connectivity index (χ0n) is 11.6.